The summed E-state index contributed by atoms with van der Waals surface area (Å²) in [6.07, 6.45) is 4.89. The highest BCUT2D eigenvalue weighted by Gasteiger charge is 2.44. The predicted octanol–water partition coefficient (Wildman–Crippen LogP) is 4.09. The molecule has 1 fully saturated rings. The van der Waals surface area contributed by atoms with Crippen molar-refractivity contribution in [2.75, 3.05) is 6.54 Å². The van der Waals surface area contributed by atoms with Crippen molar-refractivity contribution < 1.29 is 4.79 Å². The van der Waals surface area contributed by atoms with Crippen LogP contribution < -0.4 is 11.1 Å². The van der Waals surface area contributed by atoms with Crippen LogP contribution in [0, 0.1) is 5.92 Å². The Balaban J connectivity index is 0.00000180. The number of amides is 1. The smallest absolute Gasteiger partial charge is 0.240 e. The fourth-order valence-corrected chi connectivity index (χ4v) is 5.59. The Hall–Kier alpha value is -1.84. The Morgan fingerprint density at radius 3 is 2.04 bits per heavy atom. The van der Waals surface area contributed by atoms with Crippen molar-refractivity contribution in [3.8, 4) is 0 Å². The van der Waals surface area contributed by atoms with Crippen molar-refractivity contribution in [1.29, 1.82) is 0 Å². The van der Waals surface area contributed by atoms with Crippen LogP contribution in [0.25, 0.3) is 0 Å². The van der Waals surface area contributed by atoms with Gasteiger partial charge in [-0.2, -0.15) is 0 Å². The number of nitrogens with one attached hydrogen (secondary N) is 1. The monoisotopic (exact) mass is 382 g/mol. The first-order chi connectivity index (χ1) is 12.7. The molecule has 27 heavy (non-hydrogen) atoms. The van der Waals surface area contributed by atoms with E-state index >= 15 is 0 Å². The molecular weight excluding hydrogens is 356 g/mol. The fraction of sp³-hybridized carbons (Fsp3) is 0.435. The zero-order chi connectivity index (χ0) is 17.7. The van der Waals surface area contributed by atoms with Gasteiger partial charge in [0.25, 0.3) is 0 Å². The Morgan fingerprint density at radius 1 is 0.963 bits per heavy atom. The van der Waals surface area contributed by atoms with Crippen LogP contribution in [0.5, 0.6) is 0 Å². The van der Waals surface area contributed by atoms with E-state index in [1.54, 1.807) is 0 Å². The van der Waals surface area contributed by atoms with Crippen molar-refractivity contribution in [1.82, 2.24) is 5.32 Å². The number of carbonyl (C=O) groups excluding carboxylic acids is 1. The first-order valence-corrected chi connectivity index (χ1v) is 9.92. The largest absolute Gasteiger partial charge is 0.354 e. The maximum atomic E-state index is 12.7. The van der Waals surface area contributed by atoms with Crippen LogP contribution in [0.2, 0.25) is 0 Å². The van der Waals surface area contributed by atoms with Gasteiger partial charge < -0.3 is 11.1 Å². The molecule has 0 spiro atoms. The zero-order valence-corrected chi connectivity index (χ0v) is 16.3. The van der Waals surface area contributed by atoms with Gasteiger partial charge in [-0.05, 0) is 47.4 Å². The molecule has 3 N–H and O–H groups in total. The van der Waals surface area contributed by atoms with Crippen LogP contribution in [0.4, 0.5) is 0 Å². The summed E-state index contributed by atoms with van der Waals surface area (Å²) in [4.78, 5) is 12.7. The van der Waals surface area contributed by atoms with E-state index in [0.29, 0.717) is 17.8 Å². The van der Waals surface area contributed by atoms with Gasteiger partial charge >= 0.3 is 0 Å². The summed E-state index contributed by atoms with van der Waals surface area (Å²) in [5, 5.41) is 3.22. The van der Waals surface area contributed by atoms with Crippen LogP contribution in [0.1, 0.15) is 66.2 Å². The standard InChI is InChI=1S/C23H26N2O.ClH/c24-23(11-5-6-12-23)22(26)25-14-15-13-20-16-7-1-3-9-18(16)21(15)19-10-4-2-8-17(19)20;/h1-4,7-10,15,20-21H,5-6,11-14,24H2,(H,25,26);1H. The lowest BCUT2D eigenvalue weighted by atomic mass is 9.59. The first kappa shape index (κ1) is 18.5. The Bertz CT molecular complexity index is 811. The molecular formula is C23H27ClN2O. The van der Waals surface area contributed by atoms with Gasteiger partial charge in [0.1, 0.15) is 0 Å². The molecule has 0 radical (unpaired) electrons. The molecule has 0 aliphatic heterocycles. The summed E-state index contributed by atoms with van der Waals surface area (Å²) in [6.45, 7) is 0.724. The lowest BCUT2D eigenvalue weighted by Gasteiger charge is -2.45. The van der Waals surface area contributed by atoms with Gasteiger partial charge in [0.15, 0.2) is 0 Å². The summed E-state index contributed by atoms with van der Waals surface area (Å²) >= 11 is 0. The summed E-state index contributed by atoms with van der Waals surface area (Å²) in [7, 11) is 0. The van der Waals surface area contributed by atoms with Gasteiger partial charge in [0.2, 0.25) is 5.91 Å². The first-order valence-electron chi connectivity index (χ1n) is 9.92. The quantitative estimate of drug-likeness (QED) is 0.839. The molecule has 6 rings (SSSR count). The second-order valence-corrected chi connectivity index (χ2v) is 8.36. The van der Waals surface area contributed by atoms with Crippen LogP contribution in [-0.2, 0) is 4.79 Å². The number of carbonyl (C=O) groups is 1. The number of halogens is 1. The Morgan fingerprint density at radius 2 is 1.48 bits per heavy atom. The maximum Gasteiger partial charge on any atom is 0.240 e. The molecule has 1 unspecified atom stereocenters. The van der Waals surface area contributed by atoms with Gasteiger partial charge in [0.05, 0.1) is 5.54 Å². The van der Waals surface area contributed by atoms with Crippen molar-refractivity contribution in [2.24, 2.45) is 11.7 Å². The van der Waals surface area contributed by atoms with Crippen LogP contribution in [0.15, 0.2) is 48.5 Å². The molecule has 3 nitrogen and oxygen atoms in total. The van der Waals surface area contributed by atoms with E-state index in [4.69, 9.17) is 5.73 Å². The number of rotatable bonds is 3. The van der Waals surface area contributed by atoms with E-state index in [9.17, 15) is 4.79 Å². The summed E-state index contributed by atoms with van der Waals surface area (Å²) in [6, 6.07) is 17.7. The van der Waals surface area contributed by atoms with Crippen LogP contribution >= 0.6 is 12.4 Å². The minimum atomic E-state index is -0.635. The molecule has 1 saturated carbocycles. The van der Waals surface area contributed by atoms with E-state index in [0.717, 1.165) is 38.6 Å². The molecule has 0 heterocycles. The van der Waals surface area contributed by atoms with E-state index in [1.165, 1.54) is 22.3 Å². The summed E-state index contributed by atoms with van der Waals surface area (Å²) < 4.78 is 0. The predicted molar refractivity (Wildman–Crippen MR) is 110 cm³/mol. The SMILES string of the molecule is Cl.NC1(C(=O)NCC2CC3c4ccccc4C2c2ccccc23)CCCC1. The van der Waals surface area contributed by atoms with Crippen LogP contribution in [-0.4, -0.2) is 18.0 Å². The highest BCUT2D eigenvalue weighted by Crippen LogP contribution is 2.55. The van der Waals surface area contributed by atoms with Gasteiger partial charge in [-0.15, -0.1) is 12.4 Å². The summed E-state index contributed by atoms with van der Waals surface area (Å²) in [5.74, 6) is 1.33. The van der Waals surface area contributed by atoms with E-state index in [1.807, 2.05) is 0 Å². The highest BCUT2D eigenvalue weighted by molar-refractivity contribution is 5.86. The van der Waals surface area contributed by atoms with Crippen molar-refractivity contribution >= 4 is 18.3 Å². The highest BCUT2D eigenvalue weighted by atomic mass is 35.5. The lowest BCUT2D eigenvalue weighted by Crippen LogP contribution is -2.53. The maximum absolute atomic E-state index is 12.7. The number of hydrogen-bond donors (Lipinski definition) is 2. The molecule has 2 aromatic carbocycles. The number of fused-ring (bicyclic) bond motifs is 1. The number of nitrogens with two attached hydrogens (primary N) is 1. The second kappa shape index (κ2) is 6.96. The summed E-state index contributed by atoms with van der Waals surface area (Å²) in [5.41, 5.74) is 11.6. The second-order valence-electron chi connectivity index (χ2n) is 8.36. The Kier molecular flexibility index (Phi) is 4.77. The molecule has 0 saturated heterocycles. The average molecular weight is 383 g/mol. The van der Waals surface area contributed by atoms with E-state index < -0.39 is 5.54 Å². The van der Waals surface area contributed by atoms with Crippen molar-refractivity contribution in [2.45, 2.75) is 49.5 Å². The molecule has 1 amide bonds. The molecule has 4 heteroatoms. The zero-order valence-electron chi connectivity index (χ0n) is 15.5. The van der Waals surface area contributed by atoms with Crippen LogP contribution in [0.3, 0.4) is 0 Å². The minimum Gasteiger partial charge on any atom is -0.354 e. The molecule has 2 bridgehead atoms. The third-order valence-electron chi connectivity index (χ3n) is 6.90. The number of hydrogen-bond acceptors (Lipinski definition) is 2. The molecule has 4 aliphatic carbocycles. The van der Waals surface area contributed by atoms with Gasteiger partial charge in [-0.1, -0.05) is 61.4 Å². The van der Waals surface area contributed by atoms with Gasteiger partial charge in [0, 0.05) is 18.4 Å². The van der Waals surface area contributed by atoms with Gasteiger partial charge in [-0.3, -0.25) is 4.79 Å². The number of benzene rings is 2. The fourth-order valence-electron chi connectivity index (χ4n) is 5.59. The topological polar surface area (TPSA) is 55.1 Å². The van der Waals surface area contributed by atoms with E-state index in [2.05, 4.69) is 53.8 Å². The normalized spacial score (nSPS) is 26.6. The third kappa shape index (κ3) is 2.88. The minimum absolute atomic E-state index is 0. The van der Waals surface area contributed by atoms with Crippen molar-refractivity contribution in [3.63, 3.8) is 0 Å². The molecule has 1 atom stereocenters. The lowest BCUT2D eigenvalue weighted by molar-refractivity contribution is -0.126. The molecule has 4 aliphatic rings. The van der Waals surface area contributed by atoms with E-state index in [-0.39, 0.29) is 18.3 Å². The molecule has 0 aromatic heterocycles. The third-order valence-corrected chi connectivity index (χ3v) is 6.90. The Labute approximate surface area is 167 Å². The average Bonchev–Trinajstić information content (AvgIpc) is 3.14. The van der Waals surface area contributed by atoms with Gasteiger partial charge in [-0.25, -0.2) is 0 Å². The molecule has 2 aromatic rings. The van der Waals surface area contributed by atoms with Crippen molar-refractivity contribution in [3.05, 3.63) is 70.8 Å². The molecule has 142 valence electrons.